The molecule has 0 aromatic carbocycles. The topological polar surface area (TPSA) is 113 Å². The van der Waals surface area contributed by atoms with Crippen molar-refractivity contribution in [3.8, 4) is 0 Å². The Morgan fingerprint density at radius 3 is 2.31 bits per heavy atom. The highest BCUT2D eigenvalue weighted by atomic mass is 16.4. The van der Waals surface area contributed by atoms with E-state index in [9.17, 15) is 14.4 Å². The molecule has 16 heavy (non-hydrogen) atoms. The van der Waals surface area contributed by atoms with Crippen molar-refractivity contribution in [2.24, 2.45) is 11.7 Å². The van der Waals surface area contributed by atoms with E-state index in [2.05, 4.69) is 5.32 Å². The predicted molar refractivity (Wildman–Crippen MR) is 56.6 cm³/mol. The van der Waals surface area contributed by atoms with E-state index in [1.165, 1.54) is 4.90 Å². The first-order valence-corrected chi connectivity index (χ1v) is 4.85. The van der Waals surface area contributed by atoms with Crippen molar-refractivity contribution in [1.82, 2.24) is 10.2 Å². The summed E-state index contributed by atoms with van der Waals surface area (Å²) in [5, 5.41) is 10.6. The van der Waals surface area contributed by atoms with Gasteiger partial charge in [0.05, 0.1) is 0 Å². The van der Waals surface area contributed by atoms with E-state index >= 15 is 0 Å². The van der Waals surface area contributed by atoms with Crippen LogP contribution < -0.4 is 11.1 Å². The number of nitrogens with one attached hydrogen (secondary N) is 1. The lowest BCUT2D eigenvalue weighted by Gasteiger charge is -2.22. The number of urea groups is 1. The van der Waals surface area contributed by atoms with Gasteiger partial charge in [-0.1, -0.05) is 13.8 Å². The third-order valence-corrected chi connectivity index (χ3v) is 1.61. The average molecular weight is 231 g/mol. The van der Waals surface area contributed by atoms with Crippen LogP contribution in [-0.4, -0.2) is 47.5 Å². The number of primary amides is 1. The third kappa shape index (κ3) is 6.63. The van der Waals surface area contributed by atoms with E-state index in [0.29, 0.717) is 6.54 Å². The van der Waals surface area contributed by atoms with Crippen molar-refractivity contribution < 1.29 is 19.5 Å². The molecule has 3 amide bonds. The second kappa shape index (κ2) is 6.65. The number of carbonyl (C=O) groups excluding carboxylic acids is 2. The molecule has 0 aliphatic heterocycles. The molecule has 0 aliphatic rings. The summed E-state index contributed by atoms with van der Waals surface area (Å²) in [7, 11) is 0. The zero-order valence-corrected chi connectivity index (χ0v) is 9.40. The number of hydrogen-bond acceptors (Lipinski definition) is 3. The Morgan fingerprint density at radius 1 is 1.38 bits per heavy atom. The van der Waals surface area contributed by atoms with Gasteiger partial charge in [0.25, 0.3) is 0 Å². The Hall–Kier alpha value is -1.79. The molecule has 0 fully saturated rings. The minimum Gasteiger partial charge on any atom is -0.480 e. The lowest BCUT2D eigenvalue weighted by molar-refractivity contribution is -0.135. The summed E-state index contributed by atoms with van der Waals surface area (Å²) >= 11 is 0. The lowest BCUT2D eigenvalue weighted by atomic mass is 10.2. The fraction of sp³-hybridized carbons (Fsp3) is 0.667. The van der Waals surface area contributed by atoms with Crippen molar-refractivity contribution in [2.45, 2.75) is 13.8 Å². The molecule has 0 saturated carbocycles. The summed E-state index contributed by atoms with van der Waals surface area (Å²) in [4.78, 5) is 33.6. The fourth-order valence-electron chi connectivity index (χ4n) is 1.11. The molecular weight excluding hydrogens is 214 g/mol. The van der Waals surface area contributed by atoms with Crippen LogP contribution in [0.3, 0.4) is 0 Å². The number of hydrogen-bond donors (Lipinski definition) is 3. The van der Waals surface area contributed by atoms with Crippen molar-refractivity contribution in [3.05, 3.63) is 0 Å². The highest BCUT2D eigenvalue weighted by molar-refractivity contribution is 5.84. The average Bonchev–Trinajstić information content (AvgIpc) is 2.11. The highest BCUT2D eigenvalue weighted by Gasteiger charge is 2.17. The van der Waals surface area contributed by atoms with Crippen LogP contribution in [0, 0.1) is 5.92 Å². The number of aliphatic carboxylic acids is 1. The molecule has 7 nitrogen and oxygen atoms in total. The summed E-state index contributed by atoms with van der Waals surface area (Å²) in [6, 6.07) is -0.602. The molecule has 0 rings (SSSR count). The molecule has 0 aliphatic carbocycles. The molecule has 0 unspecified atom stereocenters. The Morgan fingerprint density at radius 2 is 1.94 bits per heavy atom. The second-order valence-electron chi connectivity index (χ2n) is 3.79. The molecule has 4 N–H and O–H groups in total. The maximum absolute atomic E-state index is 11.5. The van der Waals surface area contributed by atoms with Crippen LogP contribution in [0.4, 0.5) is 4.79 Å². The number of carboxylic acid groups (broad SMARTS) is 1. The minimum absolute atomic E-state index is 0.162. The number of carboxylic acids is 1. The van der Waals surface area contributed by atoms with Gasteiger partial charge in [0.1, 0.15) is 13.1 Å². The predicted octanol–water partition coefficient (Wildman–Crippen LogP) is -0.776. The molecule has 0 aromatic heterocycles. The zero-order valence-electron chi connectivity index (χ0n) is 9.40. The molecule has 0 heterocycles. The molecular formula is C9H17N3O4. The first-order valence-electron chi connectivity index (χ1n) is 4.85. The monoisotopic (exact) mass is 231 g/mol. The summed E-state index contributed by atoms with van der Waals surface area (Å²) in [5.74, 6) is -1.61. The van der Waals surface area contributed by atoms with Crippen LogP contribution in [0.2, 0.25) is 0 Å². The fourth-order valence-corrected chi connectivity index (χ4v) is 1.11. The SMILES string of the molecule is CC(C)CN(CC(N)=O)C(=O)NCC(=O)O. The van der Waals surface area contributed by atoms with Gasteiger partial charge in [0, 0.05) is 6.54 Å². The van der Waals surface area contributed by atoms with Gasteiger partial charge in [-0.15, -0.1) is 0 Å². The van der Waals surface area contributed by atoms with Crippen LogP contribution in [-0.2, 0) is 9.59 Å². The third-order valence-electron chi connectivity index (χ3n) is 1.61. The highest BCUT2D eigenvalue weighted by Crippen LogP contribution is 1.98. The van der Waals surface area contributed by atoms with Crippen LogP contribution in [0.1, 0.15) is 13.8 Å². The Labute approximate surface area is 93.6 Å². The summed E-state index contributed by atoms with van der Waals surface area (Å²) in [5.41, 5.74) is 4.99. The molecule has 0 aromatic rings. The molecule has 0 bridgehead atoms. The Balaban J connectivity index is 4.31. The molecule has 0 spiro atoms. The van der Waals surface area contributed by atoms with Gasteiger partial charge in [-0.25, -0.2) is 4.79 Å². The van der Waals surface area contributed by atoms with E-state index in [-0.39, 0.29) is 12.5 Å². The van der Waals surface area contributed by atoms with E-state index in [0.717, 1.165) is 0 Å². The first-order chi connectivity index (χ1) is 7.32. The van der Waals surface area contributed by atoms with E-state index in [4.69, 9.17) is 10.8 Å². The molecule has 0 radical (unpaired) electrons. The van der Waals surface area contributed by atoms with Crippen LogP contribution in [0.5, 0.6) is 0 Å². The Kier molecular flexibility index (Phi) is 5.91. The van der Waals surface area contributed by atoms with Gasteiger partial charge >= 0.3 is 12.0 Å². The van der Waals surface area contributed by atoms with Gasteiger partial charge < -0.3 is 21.1 Å². The number of rotatable bonds is 6. The van der Waals surface area contributed by atoms with E-state index in [1.54, 1.807) is 0 Å². The maximum atomic E-state index is 11.5. The normalized spacial score (nSPS) is 9.94. The van der Waals surface area contributed by atoms with E-state index < -0.39 is 24.5 Å². The molecule has 7 heteroatoms. The van der Waals surface area contributed by atoms with Crippen LogP contribution in [0.15, 0.2) is 0 Å². The van der Waals surface area contributed by atoms with Gasteiger partial charge in [0.2, 0.25) is 5.91 Å². The summed E-state index contributed by atoms with van der Waals surface area (Å²) < 4.78 is 0. The number of nitrogens with two attached hydrogens (primary N) is 1. The van der Waals surface area contributed by atoms with Crippen molar-refractivity contribution >= 4 is 17.9 Å². The molecule has 0 saturated heterocycles. The van der Waals surface area contributed by atoms with Gasteiger partial charge in [-0.2, -0.15) is 0 Å². The van der Waals surface area contributed by atoms with Crippen molar-refractivity contribution in [3.63, 3.8) is 0 Å². The van der Waals surface area contributed by atoms with E-state index in [1.807, 2.05) is 13.8 Å². The van der Waals surface area contributed by atoms with Crippen LogP contribution >= 0.6 is 0 Å². The smallest absolute Gasteiger partial charge is 0.323 e. The number of nitrogens with zero attached hydrogens (tertiary/aromatic N) is 1. The molecule has 0 atom stereocenters. The van der Waals surface area contributed by atoms with Gasteiger partial charge in [-0.3, -0.25) is 9.59 Å². The largest absolute Gasteiger partial charge is 0.480 e. The number of carbonyl (C=O) groups is 3. The van der Waals surface area contributed by atoms with Gasteiger partial charge in [-0.05, 0) is 5.92 Å². The second-order valence-corrected chi connectivity index (χ2v) is 3.79. The summed E-state index contributed by atoms with van der Waals surface area (Å²) in [6.45, 7) is 3.39. The quantitative estimate of drug-likeness (QED) is 0.556. The minimum atomic E-state index is -1.14. The zero-order chi connectivity index (χ0) is 12.7. The summed E-state index contributed by atoms with van der Waals surface area (Å²) in [6.07, 6.45) is 0. The maximum Gasteiger partial charge on any atom is 0.323 e. The number of amides is 3. The lowest BCUT2D eigenvalue weighted by Crippen LogP contribution is -2.47. The van der Waals surface area contributed by atoms with Crippen LogP contribution in [0.25, 0.3) is 0 Å². The molecule has 92 valence electrons. The van der Waals surface area contributed by atoms with Crippen molar-refractivity contribution in [1.29, 1.82) is 0 Å². The van der Waals surface area contributed by atoms with Gasteiger partial charge in [0.15, 0.2) is 0 Å². The van der Waals surface area contributed by atoms with Crippen molar-refractivity contribution in [2.75, 3.05) is 19.6 Å². The Bertz CT molecular complexity index is 278. The first kappa shape index (κ1) is 14.2. The standard InChI is InChI=1S/C9H17N3O4/c1-6(2)4-12(5-7(10)13)9(16)11-3-8(14)15/h6H,3-5H2,1-2H3,(H2,10,13)(H,11,16)(H,14,15).